The van der Waals surface area contributed by atoms with Crippen molar-refractivity contribution in [3.05, 3.63) is 52.2 Å². The maximum Gasteiger partial charge on any atom is 0.194 e. The van der Waals surface area contributed by atoms with Crippen molar-refractivity contribution in [2.24, 2.45) is 0 Å². The number of hydrogen-bond donors (Lipinski definition) is 0. The number of halogens is 1. The maximum absolute atomic E-state index is 8.65. The lowest BCUT2D eigenvalue weighted by molar-refractivity contribution is 0.469. The van der Waals surface area contributed by atoms with E-state index in [2.05, 4.69) is 11.1 Å². The van der Waals surface area contributed by atoms with Crippen molar-refractivity contribution >= 4 is 11.6 Å². The van der Waals surface area contributed by atoms with E-state index < -0.39 is 0 Å². The minimum Gasteiger partial charge on any atom is -0.446 e. The van der Waals surface area contributed by atoms with Crippen LogP contribution in [0.2, 0.25) is 5.02 Å². The Kier molecular flexibility index (Phi) is 4.01. The largest absolute Gasteiger partial charge is 0.446 e. The summed E-state index contributed by atoms with van der Waals surface area (Å²) in [7, 11) is 0. The summed E-state index contributed by atoms with van der Waals surface area (Å²) in [5.74, 6) is 1.41. The van der Waals surface area contributed by atoms with Crippen LogP contribution in [0.15, 0.2) is 28.7 Å². The van der Waals surface area contributed by atoms with E-state index in [4.69, 9.17) is 21.3 Å². The Morgan fingerprint density at radius 1 is 1.39 bits per heavy atom. The smallest absolute Gasteiger partial charge is 0.194 e. The van der Waals surface area contributed by atoms with Gasteiger partial charge in [0.05, 0.1) is 18.2 Å². The first-order chi connectivity index (χ1) is 8.69. The predicted octanol–water partition coefficient (Wildman–Crippen LogP) is 3.49. The number of aryl methyl sites for hydroxylation is 3. The second-order valence-electron chi connectivity index (χ2n) is 4.08. The molecule has 0 saturated carbocycles. The van der Waals surface area contributed by atoms with E-state index in [1.807, 2.05) is 31.2 Å². The van der Waals surface area contributed by atoms with Crippen LogP contribution in [-0.4, -0.2) is 4.98 Å². The molecule has 0 fully saturated rings. The molecule has 0 bridgehead atoms. The molecule has 0 aliphatic heterocycles. The minimum absolute atomic E-state index is 0.298. The van der Waals surface area contributed by atoms with Gasteiger partial charge in [-0.25, -0.2) is 4.98 Å². The Hall–Kier alpha value is -1.79. The third-order valence-electron chi connectivity index (χ3n) is 2.70. The maximum atomic E-state index is 8.65. The Morgan fingerprint density at radius 2 is 2.22 bits per heavy atom. The van der Waals surface area contributed by atoms with Crippen LogP contribution in [0, 0.1) is 18.3 Å². The summed E-state index contributed by atoms with van der Waals surface area (Å²) < 4.78 is 5.52. The molecule has 1 heterocycles. The molecule has 0 radical (unpaired) electrons. The Bertz CT molecular complexity index is 584. The van der Waals surface area contributed by atoms with Gasteiger partial charge in [0, 0.05) is 11.4 Å². The van der Waals surface area contributed by atoms with Crippen LogP contribution in [0.3, 0.4) is 0 Å². The van der Waals surface area contributed by atoms with Crippen molar-refractivity contribution in [2.75, 3.05) is 0 Å². The van der Waals surface area contributed by atoms with Gasteiger partial charge in [0.1, 0.15) is 5.76 Å². The monoisotopic (exact) mass is 260 g/mol. The van der Waals surface area contributed by atoms with Gasteiger partial charge in [0.15, 0.2) is 5.89 Å². The normalized spacial score (nSPS) is 10.3. The Labute approximate surface area is 111 Å². The molecule has 1 aromatic carbocycles. The third kappa shape index (κ3) is 3.12. The predicted molar refractivity (Wildman–Crippen MR) is 69.4 cm³/mol. The molecule has 0 spiro atoms. The number of rotatable bonds is 4. The first-order valence-corrected chi connectivity index (χ1v) is 6.13. The van der Waals surface area contributed by atoms with Crippen LogP contribution in [0.1, 0.15) is 22.9 Å². The van der Waals surface area contributed by atoms with E-state index in [1.54, 1.807) is 0 Å². The van der Waals surface area contributed by atoms with E-state index in [9.17, 15) is 0 Å². The molecule has 0 unspecified atom stereocenters. The lowest BCUT2D eigenvalue weighted by Gasteiger charge is -1.99. The highest BCUT2D eigenvalue weighted by molar-refractivity contribution is 6.30. The van der Waals surface area contributed by atoms with Gasteiger partial charge in [0.2, 0.25) is 0 Å². The lowest BCUT2D eigenvalue weighted by atomic mass is 10.1. The van der Waals surface area contributed by atoms with Gasteiger partial charge < -0.3 is 4.42 Å². The van der Waals surface area contributed by atoms with Crippen LogP contribution < -0.4 is 0 Å². The fourth-order valence-corrected chi connectivity index (χ4v) is 1.99. The zero-order valence-electron chi connectivity index (χ0n) is 10.1. The van der Waals surface area contributed by atoms with Gasteiger partial charge in [-0.3, -0.25) is 0 Å². The molecule has 0 aliphatic rings. The van der Waals surface area contributed by atoms with Crippen LogP contribution in [0.25, 0.3) is 0 Å². The molecule has 18 heavy (non-hydrogen) atoms. The van der Waals surface area contributed by atoms with Crippen molar-refractivity contribution in [1.82, 2.24) is 4.98 Å². The first-order valence-electron chi connectivity index (χ1n) is 5.75. The number of benzene rings is 1. The number of nitriles is 1. The fraction of sp³-hybridized carbons (Fsp3) is 0.286. The van der Waals surface area contributed by atoms with Crippen LogP contribution >= 0.6 is 11.6 Å². The topological polar surface area (TPSA) is 49.8 Å². The van der Waals surface area contributed by atoms with E-state index in [-0.39, 0.29) is 0 Å². The van der Waals surface area contributed by atoms with Crippen molar-refractivity contribution in [2.45, 2.75) is 26.2 Å². The van der Waals surface area contributed by atoms with Crippen molar-refractivity contribution < 1.29 is 4.42 Å². The van der Waals surface area contributed by atoms with Gasteiger partial charge in [-0.2, -0.15) is 5.26 Å². The van der Waals surface area contributed by atoms with Gasteiger partial charge in [-0.15, -0.1) is 0 Å². The van der Waals surface area contributed by atoms with Crippen molar-refractivity contribution in [3.8, 4) is 6.07 Å². The molecular weight excluding hydrogens is 248 g/mol. The van der Waals surface area contributed by atoms with E-state index in [0.29, 0.717) is 18.7 Å². The number of aromatic nitrogens is 1. The molecular formula is C14H13ClN2O. The zero-order valence-corrected chi connectivity index (χ0v) is 10.9. The average Bonchev–Trinajstić information content (AvgIpc) is 2.69. The molecule has 0 N–H and O–H groups in total. The number of oxazole rings is 1. The van der Waals surface area contributed by atoms with Crippen molar-refractivity contribution in [1.29, 1.82) is 5.26 Å². The van der Waals surface area contributed by atoms with Gasteiger partial charge in [-0.1, -0.05) is 23.7 Å². The summed E-state index contributed by atoms with van der Waals surface area (Å²) in [4.78, 5) is 4.31. The second-order valence-corrected chi connectivity index (χ2v) is 4.51. The van der Waals surface area contributed by atoms with Crippen LogP contribution in [-0.2, 0) is 19.3 Å². The van der Waals surface area contributed by atoms with Gasteiger partial charge in [0.25, 0.3) is 0 Å². The summed E-state index contributed by atoms with van der Waals surface area (Å²) in [6.07, 6.45) is 1.84. The van der Waals surface area contributed by atoms with Crippen molar-refractivity contribution in [3.63, 3.8) is 0 Å². The van der Waals surface area contributed by atoms with E-state index in [0.717, 1.165) is 28.5 Å². The molecule has 0 amide bonds. The molecule has 3 nitrogen and oxygen atoms in total. The molecule has 2 rings (SSSR count). The quantitative estimate of drug-likeness (QED) is 0.846. The Balaban J connectivity index is 2.02. The average molecular weight is 261 g/mol. The highest BCUT2D eigenvalue weighted by Crippen LogP contribution is 2.15. The molecule has 92 valence electrons. The highest BCUT2D eigenvalue weighted by Gasteiger charge is 2.09. The Morgan fingerprint density at radius 3 is 2.94 bits per heavy atom. The summed E-state index contributed by atoms with van der Waals surface area (Å²) in [5.41, 5.74) is 1.89. The molecule has 0 atom stereocenters. The molecule has 4 heteroatoms. The molecule has 0 saturated heterocycles. The minimum atomic E-state index is 0.298. The highest BCUT2D eigenvalue weighted by atomic mass is 35.5. The summed E-state index contributed by atoms with van der Waals surface area (Å²) >= 11 is 5.92. The third-order valence-corrected chi connectivity index (χ3v) is 2.94. The number of hydrogen-bond acceptors (Lipinski definition) is 3. The van der Waals surface area contributed by atoms with Gasteiger partial charge >= 0.3 is 0 Å². The second kappa shape index (κ2) is 5.70. The molecule has 0 aliphatic carbocycles. The fourth-order valence-electron chi connectivity index (χ4n) is 1.78. The summed E-state index contributed by atoms with van der Waals surface area (Å²) in [6, 6.07) is 9.83. The van der Waals surface area contributed by atoms with Crippen LogP contribution in [0.4, 0.5) is 0 Å². The zero-order chi connectivity index (χ0) is 13.0. The molecule has 1 aromatic heterocycles. The summed E-state index contributed by atoms with van der Waals surface area (Å²) in [5, 5.41) is 9.38. The van der Waals surface area contributed by atoms with Crippen LogP contribution in [0.5, 0.6) is 0 Å². The number of nitrogens with zero attached hydrogens (tertiary/aromatic N) is 2. The molecule has 2 aromatic rings. The standard InChI is InChI=1S/C14H13ClN2O/c1-10-13(7-8-16)17-14(18-10)6-5-11-3-2-4-12(15)9-11/h2-4,9H,5-7H2,1H3. The first kappa shape index (κ1) is 12.7. The van der Waals surface area contributed by atoms with E-state index in [1.165, 1.54) is 0 Å². The van der Waals surface area contributed by atoms with E-state index >= 15 is 0 Å². The lowest BCUT2D eigenvalue weighted by Crippen LogP contribution is -1.92. The SMILES string of the molecule is Cc1oc(CCc2cccc(Cl)c2)nc1CC#N. The van der Waals surface area contributed by atoms with Gasteiger partial charge in [-0.05, 0) is 31.0 Å². The summed E-state index contributed by atoms with van der Waals surface area (Å²) in [6.45, 7) is 1.84.